The minimum Gasteiger partial charge on any atom is -0.455 e. The van der Waals surface area contributed by atoms with Crippen LogP contribution in [-0.2, 0) is 16.0 Å². The smallest absolute Gasteiger partial charge is 0.294 e. The third-order valence-corrected chi connectivity index (χ3v) is 3.62. The van der Waals surface area contributed by atoms with Crippen molar-refractivity contribution in [2.75, 3.05) is 11.9 Å². The Morgan fingerprint density at radius 3 is 2.81 bits per heavy atom. The van der Waals surface area contributed by atoms with E-state index in [4.69, 9.17) is 4.74 Å². The molecule has 0 amide bonds. The number of carbonyl (C=O) groups is 1. The maximum Gasteiger partial charge on any atom is 0.294 e. The molecule has 1 unspecified atom stereocenters. The van der Waals surface area contributed by atoms with Crippen LogP contribution in [0, 0.1) is 11.6 Å². The predicted molar refractivity (Wildman–Crippen MR) is 74.0 cm³/mol. The summed E-state index contributed by atoms with van der Waals surface area (Å²) in [5.74, 6) is -1.89. The second-order valence-electron chi connectivity index (χ2n) is 4.84. The van der Waals surface area contributed by atoms with Gasteiger partial charge in [0.1, 0.15) is 0 Å². The lowest BCUT2D eigenvalue weighted by atomic mass is 9.95. The summed E-state index contributed by atoms with van der Waals surface area (Å²) in [6, 6.07) is 9.14. The number of halogens is 2. The van der Waals surface area contributed by atoms with Crippen LogP contribution in [0.15, 0.2) is 36.4 Å². The van der Waals surface area contributed by atoms with E-state index in [1.165, 1.54) is 6.07 Å². The van der Waals surface area contributed by atoms with Gasteiger partial charge in [-0.15, -0.1) is 0 Å². The molecule has 0 aromatic heterocycles. The molecule has 0 saturated carbocycles. The lowest BCUT2D eigenvalue weighted by Gasteiger charge is -2.19. The summed E-state index contributed by atoms with van der Waals surface area (Å²) in [5.41, 5.74) is 3.21. The Hall–Kier alpha value is -2.43. The molecular formula is C16H13F2NO2. The third-order valence-electron chi connectivity index (χ3n) is 3.62. The zero-order valence-corrected chi connectivity index (χ0v) is 11.1. The molecule has 108 valence electrons. The highest BCUT2D eigenvalue weighted by Gasteiger charge is 2.23. The second-order valence-corrected chi connectivity index (χ2v) is 4.84. The van der Waals surface area contributed by atoms with Gasteiger partial charge in [-0.2, -0.15) is 0 Å². The quantitative estimate of drug-likeness (QED) is 0.878. The van der Waals surface area contributed by atoms with E-state index in [0.717, 1.165) is 41.9 Å². The van der Waals surface area contributed by atoms with Crippen molar-refractivity contribution in [3.8, 4) is 0 Å². The van der Waals surface area contributed by atoms with E-state index in [2.05, 4.69) is 5.32 Å². The lowest BCUT2D eigenvalue weighted by Crippen LogP contribution is -2.08. The number of anilines is 1. The SMILES string of the molecule is O=COC(c1ccc(F)c(F)c1)c1cccc2c1CCN2. The fraction of sp³-hybridized carbons (Fsp3) is 0.188. The van der Waals surface area contributed by atoms with Crippen molar-refractivity contribution in [2.24, 2.45) is 0 Å². The fourth-order valence-electron chi connectivity index (χ4n) is 2.68. The molecule has 1 aliphatic heterocycles. The number of ether oxygens (including phenoxy) is 1. The molecular weight excluding hydrogens is 276 g/mol. The van der Waals surface area contributed by atoms with Crippen molar-refractivity contribution in [1.29, 1.82) is 0 Å². The van der Waals surface area contributed by atoms with Crippen LogP contribution in [-0.4, -0.2) is 13.0 Å². The Morgan fingerprint density at radius 1 is 1.19 bits per heavy atom. The van der Waals surface area contributed by atoms with E-state index in [1.807, 2.05) is 18.2 Å². The zero-order valence-electron chi connectivity index (χ0n) is 11.1. The molecule has 0 saturated heterocycles. The minimum absolute atomic E-state index is 0.327. The summed E-state index contributed by atoms with van der Waals surface area (Å²) >= 11 is 0. The van der Waals surface area contributed by atoms with Crippen LogP contribution in [0.5, 0.6) is 0 Å². The summed E-state index contributed by atoms with van der Waals surface area (Å²) in [7, 11) is 0. The summed E-state index contributed by atoms with van der Waals surface area (Å²) in [6.45, 7) is 1.13. The molecule has 0 aliphatic carbocycles. The molecule has 0 bridgehead atoms. The van der Waals surface area contributed by atoms with Crippen LogP contribution in [0.2, 0.25) is 0 Å². The van der Waals surface area contributed by atoms with E-state index in [0.29, 0.717) is 12.0 Å². The summed E-state index contributed by atoms with van der Waals surface area (Å²) in [6.07, 6.45) is 0.0564. The highest BCUT2D eigenvalue weighted by atomic mass is 19.2. The van der Waals surface area contributed by atoms with Gasteiger partial charge in [0.25, 0.3) is 6.47 Å². The summed E-state index contributed by atoms with van der Waals surface area (Å²) in [5, 5.41) is 3.23. The Balaban J connectivity index is 2.08. The number of fused-ring (bicyclic) bond motifs is 1. The Labute approximate surface area is 120 Å². The van der Waals surface area contributed by atoms with Gasteiger partial charge in [-0.05, 0) is 30.2 Å². The Bertz CT molecular complexity index is 688. The molecule has 0 fully saturated rings. The molecule has 2 aromatic rings. The van der Waals surface area contributed by atoms with Crippen LogP contribution >= 0.6 is 0 Å². The van der Waals surface area contributed by atoms with E-state index in [9.17, 15) is 13.6 Å². The van der Waals surface area contributed by atoms with Gasteiger partial charge in [0.05, 0.1) is 0 Å². The molecule has 21 heavy (non-hydrogen) atoms. The maximum atomic E-state index is 13.4. The molecule has 1 heterocycles. The number of carbonyl (C=O) groups excluding carboxylic acids is 1. The van der Waals surface area contributed by atoms with Crippen molar-refractivity contribution in [3.05, 3.63) is 64.7 Å². The van der Waals surface area contributed by atoms with Gasteiger partial charge in [-0.3, -0.25) is 4.79 Å². The molecule has 3 rings (SSSR count). The van der Waals surface area contributed by atoms with E-state index in [-0.39, 0.29) is 0 Å². The first-order chi connectivity index (χ1) is 10.2. The van der Waals surface area contributed by atoms with Gasteiger partial charge in [-0.1, -0.05) is 18.2 Å². The Morgan fingerprint density at radius 2 is 2.05 bits per heavy atom. The van der Waals surface area contributed by atoms with E-state index < -0.39 is 17.7 Å². The van der Waals surface area contributed by atoms with Crippen LogP contribution in [0.1, 0.15) is 22.8 Å². The first kappa shape index (κ1) is 13.5. The summed E-state index contributed by atoms with van der Waals surface area (Å²) in [4.78, 5) is 10.8. The Kier molecular flexibility index (Phi) is 3.56. The number of rotatable bonds is 4. The third kappa shape index (κ3) is 2.46. The van der Waals surface area contributed by atoms with Crippen molar-refractivity contribution in [1.82, 2.24) is 0 Å². The molecule has 1 atom stereocenters. The van der Waals surface area contributed by atoms with Gasteiger partial charge >= 0.3 is 0 Å². The molecule has 0 radical (unpaired) electrons. The average Bonchev–Trinajstić information content (AvgIpc) is 2.96. The van der Waals surface area contributed by atoms with Gasteiger partial charge in [0, 0.05) is 23.4 Å². The number of nitrogens with one attached hydrogen (secondary N) is 1. The van der Waals surface area contributed by atoms with Crippen molar-refractivity contribution < 1.29 is 18.3 Å². The fourth-order valence-corrected chi connectivity index (χ4v) is 2.68. The largest absolute Gasteiger partial charge is 0.455 e. The summed E-state index contributed by atoms with van der Waals surface area (Å²) < 4.78 is 31.6. The molecule has 1 aliphatic rings. The molecule has 0 spiro atoms. The van der Waals surface area contributed by atoms with E-state index in [1.54, 1.807) is 0 Å². The molecule has 2 aromatic carbocycles. The molecule has 3 nitrogen and oxygen atoms in total. The number of hydrogen-bond donors (Lipinski definition) is 1. The zero-order chi connectivity index (χ0) is 14.8. The lowest BCUT2D eigenvalue weighted by molar-refractivity contribution is -0.132. The van der Waals surface area contributed by atoms with Gasteiger partial charge in [0.2, 0.25) is 0 Å². The predicted octanol–water partition coefficient (Wildman–Crippen LogP) is 3.20. The number of benzene rings is 2. The number of hydrogen-bond acceptors (Lipinski definition) is 3. The van der Waals surface area contributed by atoms with Crippen LogP contribution in [0.25, 0.3) is 0 Å². The van der Waals surface area contributed by atoms with Gasteiger partial charge in [-0.25, -0.2) is 8.78 Å². The van der Waals surface area contributed by atoms with Crippen LogP contribution in [0.3, 0.4) is 0 Å². The maximum absolute atomic E-state index is 13.4. The minimum atomic E-state index is -0.960. The normalized spacial score (nSPS) is 14.2. The second kappa shape index (κ2) is 5.52. The van der Waals surface area contributed by atoms with Crippen LogP contribution < -0.4 is 5.32 Å². The van der Waals surface area contributed by atoms with Crippen LogP contribution in [0.4, 0.5) is 14.5 Å². The topological polar surface area (TPSA) is 38.3 Å². The van der Waals surface area contributed by atoms with E-state index >= 15 is 0 Å². The highest BCUT2D eigenvalue weighted by molar-refractivity contribution is 5.60. The molecule has 5 heteroatoms. The molecule has 1 N–H and O–H groups in total. The first-order valence-electron chi connectivity index (χ1n) is 6.60. The van der Waals surface area contributed by atoms with Gasteiger partial charge < -0.3 is 10.1 Å². The van der Waals surface area contributed by atoms with Gasteiger partial charge in [0.15, 0.2) is 17.7 Å². The standard InChI is InChI=1S/C16H13F2NO2/c17-13-5-4-10(8-14(13)18)16(21-9-20)12-2-1-3-15-11(12)6-7-19-15/h1-5,8-9,16,19H,6-7H2. The van der Waals surface area contributed by atoms with Crippen molar-refractivity contribution >= 4 is 12.2 Å². The van der Waals surface area contributed by atoms with Crippen molar-refractivity contribution in [3.63, 3.8) is 0 Å². The van der Waals surface area contributed by atoms with Crippen molar-refractivity contribution in [2.45, 2.75) is 12.5 Å². The first-order valence-corrected chi connectivity index (χ1v) is 6.60. The average molecular weight is 289 g/mol. The highest BCUT2D eigenvalue weighted by Crippen LogP contribution is 2.34. The monoisotopic (exact) mass is 289 g/mol.